The van der Waals surface area contributed by atoms with Crippen LogP contribution in [0.5, 0.6) is 0 Å². The van der Waals surface area contributed by atoms with Gasteiger partial charge in [0.15, 0.2) is 5.96 Å². The van der Waals surface area contributed by atoms with Gasteiger partial charge in [0.2, 0.25) is 5.91 Å². The molecule has 25 heavy (non-hydrogen) atoms. The van der Waals surface area contributed by atoms with Crippen LogP contribution in [0.25, 0.3) is 0 Å². The molecule has 1 aliphatic rings. The second-order valence-electron chi connectivity index (χ2n) is 6.35. The monoisotopic (exact) mass is 348 g/mol. The molecule has 1 aromatic rings. The quantitative estimate of drug-likeness (QED) is 0.383. The average molecular weight is 348 g/mol. The van der Waals surface area contributed by atoms with Crippen LogP contribution in [0.1, 0.15) is 46.0 Å². The smallest absolute Gasteiger partial charge is 0.222 e. The standard InChI is InChI=1S/C18H32N6O/c1-3-16(24-15-5-8-17(24)25)9-12-21-18(19-4-2)20-10-6-13-23-14-7-11-22-23/h7,11,14,16H,3-6,8-10,12-13,15H2,1-2H3,(H2,19,20,21). The molecule has 1 unspecified atom stereocenters. The first-order valence-electron chi connectivity index (χ1n) is 9.53. The van der Waals surface area contributed by atoms with Crippen LogP contribution in [-0.4, -0.2) is 58.8 Å². The Balaban J connectivity index is 1.71. The molecule has 1 atom stereocenters. The zero-order valence-corrected chi connectivity index (χ0v) is 15.6. The van der Waals surface area contributed by atoms with Crippen molar-refractivity contribution >= 4 is 11.9 Å². The van der Waals surface area contributed by atoms with Crippen LogP contribution >= 0.6 is 0 Å². The molecule has 1 aromatic heterocycles. The fourth-order valence-electron chi connectivity index (χ4n) is 3.19. The fourth-order valence-corrected chi connectivity index (χ4v) is 3.19. The van der Waals surface area contributed by atoms with Gasteiger partial charge in [0.25, 0.3) is 0 Å². The zero-order valence-electron chi connectivity index (χ0n) is 15.6. The Hall–Kier alpha value is -2.05. The fraction of sp³-hybridized carbons (Fsp3) is 0.722. The number of hydrogen-bond acceptors (Lipinski definition) is 3. The number of carbonyl (C=O) groups excluding carboxylic acids is 1. The van der Waals surface area contributed by atoms with Crippen molar-refractivity contribution in [1.82, 2.24) is 25.3 Å². The van der Waals surface area contributed by atoms with Gasteiger partial charge in [0.05, 0.1) is 0 Å². The highest BCUT2D eigenvalue weighted by Gasteiger charge is 2.26. The van der Waals surface area contributed by atoms with Crippen LogP contribution in [0.3, 0.4) is 0 Å². The van der Waals surface area contributed by atoms with E-state index in [1.54, 1.807) is 6.20 Å². The van der Waals surface area contributed by atoms with Crippen LogP contribution in [-0.2, 0) is 11.3 Å². The van der Waals surface area contributed by atoms with Gasteiger partial charge in [-0.15, -0.1) is 0 Å². The predicted octanol–water partition coefficient (Wildman–Crippen LogP) is 1.62. The minimum absolute atomic E-state index is 0.311. The highest BCUT2D eigenvalue weighted by atomic mass is 16.2. The van der Waals surface area contributed by atoms with Gasteiger partial charge in [-0.1, -0.05) is 6.92 Å². The van der Waals surface area contributed by atoms with Crippen LogP contribution in [0.4, 0.5) is 0 Å². The first-order valence-corrected chi connectivity index (χ1v) is 9.53. The first kappa shape index (κ1) is 19.3. The van der Waals surface area contributed by atoms with Crippen molar-refractivity contribution in [3.05, 3.63) is 18.5 Å². The summed E-state index contributed by atoms with van der Waals surface area (Å²) in [7, 11) is 0. The van der Waals surface area contributed by atoms with Crippen molar-refractivity contribution in [2.75, 3.05) is 26.2 Å². The Bertz CT molecular complexity index is 528. The highest BCUT2D eigenvalue weighted by molar-refractivity contribution is 5.80. The molecule has 140 valence electrons. The maximum Gasteiger partial charge on any atom is 0.222 e. The van der Waals surface area contributed by atoms with Crippen molar-refractivity contribution in [3.63, 3.8) is 0 Å². The second kappa shape index (κ2) is 10.7. The summed E-state index contributed by atoms with van der Waals surface area (Å²) < 4.78 is 1.93. The minimum atomic E-state index is 0.311. The maximum atomic E-state index is 11.9. The molecule has 0 bridgehead atoms. The SMILES string of the molecule is CCNC(=NCCCn1cccn1)NCCC(CC)N1CCCC1=O. The number of nitrogens with zero attached hydrogens (tertiary/aromatic N) is 4. The lowest BCUT2D eigenvalue weighted by molar-refractivity contribution is -0.129. The number of aryl methyl sites for hydroxylation is 1. The van der Waals surface area contributed by atoms with Crippen molar-refractivity contribution in [3.8, 4) is 0 Å². The maximum absolute atomic E-state index is 11.9. The number of guanidine groups is 1. The summed E-state index contributed by atoms with van der Waals surface area (Å²) in [6, 6.07) is 2.27. The molecule has 2 heterocycles. The molecule has 7 nitrogen and oxygen atoms in total. The highest BCUT2D eigenvalue weighted by Crippen LogP contribution is 2.17. The Labute approximate surface area is 150 Å². The molecule has 0 spiro atoms. The lowest BCUT2D eigenvalue weighted by Crippen LogP contribution is -2.42. The van der Waals surface area contributed by atoms with Gasteiger partial charge in [-0.3, -0.25) is 14.5 Å². The average Bonchev–Trinajstić information content (AvgIpc) is 3.27. The molecule has 1 aliphatic heterocycles. The van der Waals surface area contributed by atoms with E-state index in [2.05, 4.69) is 39.5 Å². The van der Waals surface area contributed by atoms with Gasteiger partial charge in [0, 0.05) is 57.6 Å². The number of aliphatic imine (C=N–C) groups is 1. The van der Waals surface area contributed by atoms with Crippen LogP contribution < -0.4 is 10.6 Å². The third-order valence-electron chi connectivity index (χ3n) is 4.51. The molecule has 2 N–H and O–H groups in total. The summed E-state index contributed by atoms with van der Waals surface area (Å²) in [6.07, 6.45) is 8.40. The Kier molecular flexibility index (Phi) is 8.28. The van der Waals surface area contributed by atoms with E-state index in [1.807, 2.05) is 16.9 Å². The zero-order chi connectivity index (χ0) is 17.9. The van der Waals surface area contributed by atoms with E-state index < -0.39 is 0 Å². The van der Waals surface area contributed by atoms with Gasteiger partial charge < -0.3 is 15.5 Å². The van der Waals surface area contributed by atoms with Gasteiger partial charge in [-0.25, -0.2) is 0 Å². The lowest BCUT2D eigenvalue weighted by atomic mass is 10.1. The van der Waals surface area contributed by atoms with Gasteiger partial charge in [-0.2, -0.15) is 5.10 Å². The van der Waals surface area contributed by atoms with Crippen LogP contribution in [0, 0.1) is 0 Å². The number of rotatable bonds is 10. The first-order chi connectivity index (χ1) is 12.2. The Morgan fingerprint density at radius 1 is 1.40 bits per heavy atom. The second-order valence-corrected chi connectivity index (χ2v) is 6.35. The molecule has 2 rings (SSSR count). The van der Waals surface area contributed by atoms with E-state index in [1.165, 1.54) is 0 Å². The molecule has 1 saturated heterocycles. The van der Waals surface area contributed by atoms with E-state index >= 15 is 0 Å². The van der Waals surface area contributed by atoms with E-state index in [9.17, 15) is 4.79 Å². The van der Waals surface area contributed by atoms with Crippen molar-refractivity contribution in [1.29, 1.82) is 0 Å². The summed E-state index contributed by atoms with van der Waals surface area (Å²) >= 11 is 0. The molecule has 0 radical (unpaired) electrons. The molecular weight excluding hydrogens is 316 g/mol. The van der Waals surface area contributed by atoms with Gasteiger partial charge >= 0.3 is 0 Å². The van der Waals surface area contributed by atoms with E-state index in [0.29, 0.717) is 18.4 Å². The molecule has 1 fully saturated rings. The van der Waals surface area contributed by atoms with Crippen molar-refractivity contribution < 1.29 is 4.79 Å². The summed E-state index contributed by atoms with van der Waals surface area (Å²) in [5.41, 5.74) is 0. The summed E-state index contributed by atoms with van der Waals surface area (Å²) in [5, 5.41) is 10.9. The van der Waals surface area contributed by atoms with Gasteiger partial charge in [-0.05, 0) is 38.7 Å². The normalized spacial score (nSPS) is 16.3. The van der Waals surface area contributed by atoms with E-state index in [0.717, 1.165) is 64.4 Å². The third kappa shape index (κ3) is 6.40. The number of amides is 1. The summed E-state index contributed by atoms with van der Waals surface area (Å²) in [6.45, 7) is 8.45. The number of carbonyl (C=O) groups is 1. The summed E-state index contributed by atoms with van der Waals surface area (Å²) in [4.78, 5) is 18.6. The molecule has 0 aromatic carbocycles. The Morgan fingerprint density at radius 3 is 2.92 bits per heavy atom. The Morgan fingerprint density at radius 2 is 2.28 bits per heavy atom. The number of aromatic nitrogens is 2. The third-order valence-corrected chi connectivity index (χ3v) is 4.51. The molecular formula is C18H32N6O. The molecule has 0 saturated carbocycles. The van der Waals surface area contributed by atoms with E-state index in [4.69, 9.17) is 0 Å². The topological polar surface area (TPSA) is 74.6 Å². The summed E-state index contributed by atoms with van der Waals surface area (Å²) in [5.74, 6) is 1.16. The largest absolute Gasteiger partial charge is 0.357 e. The lowest BCUT2D eigenvalue weighted by Gasteiger charge is -2.27. The molecule has 1 amide bonds. The predicted molar refractivity (Wildman–Crippen MR) is 100 cm³/mol. The van der Waals surface area contributed by atoms with E-state index in [-0.39, 0.29) is 0 Å². The van der Waals surface area contributed by atoms with Gasteiger partial charge in [0.1, 0.15) is 0 Å². The molecule has 7 heteroatoms. The number of likely N-dealkylation sites (tertiary alicyclic amines) is 1. The number of nitrogens with one attached hydrogen (secondary N) is 2. The van der Waals surface area contributed by atoms with Crippen LogP contribution in [0.2, 0.25) is 0 Å². The molecule has 0 aliphatic carbocycles. The van der Waals surface area contributed by atoms with Crippen LogP contribution in [0.15, 0.2) is 23.5 Å². The minimum Gasteiger partial charge on any atom is -0.357 e. The van der Waals surface area contributed by atoms with Crippen molar-refractivity contribution in [2.24, 2.45) is 4.99 Å². The van der Waals surface area contributed by atoms with Crippen molar-refractivity contribution in [2.45, 2.75) is 58.5 Å². The number of hydrogen-bond donors (Lipinski definition) is 2.